The molecule has 1 rings (SSSR count). The van der Waals surface area contributed by atoms with Crippen molar-refractivity contribution in [3.05, 3.63) is 0 Å². The maximum absolute atomic E-state index is 5.08. The lowest BCUT2D eigenvalue weighted by Gasteiger charge is -2.26. The molecule has 0 amide bonds. The molecule has 2 nitrogen and oxygen atoms in total. The van der Waals surface area contributed by atoms with Gasteiger partial charge in [-0.3, -0.25) is 0 Å². The molecule has 1 atom stereocenters. The molecule has 0 spiro atoms. The van der Waals surface area contributed by atoms with E-state index in [1.54, 1.807) is 7.11 Å². The third kappa shape index (κ3) is 3.55. The molecule has 72 valence electrons. The first-order chi connectivity index (χ1) is 5.83. The molecule has 1 N–H and O–H groups in total. The minimum Gasteiger partial charge on any atom is -0.383 e. The molecule has 0 aromatic heterocycles. The van der Waals surface area contributed by atoms with E-state index in [4.69, 9.17) is 4.74 Å². The van der Waals surface area contributed by atoms with Gasteiger partial charge in [0.05, 0.1) is 6.61 Å². The van der Waals surface area contributed by atoms with Crippen LogP contribution in [0.25, 0.3) is 0 Å². The summed E-state index contributed by atoms with van der Waals surface area (Å²) < 4.78 is 5.08. The van der Waals surface area contributed by atoms with Gasteiger partial charge in [0.25, 0.3) is 0 Å². The van der Waals surface area contributed by atoms with E-state index in [9.17, 15) is 0 Å². The number of methoxy groups -OCH3 is 1. The van der Waals surface area contributed by atoms with E-state index in [0.717, 1.165) is 12.6 Å². The minimum atomic E-state index is 0.512. The minimum absolute atomic E-state index is 0.512. The predicted octanol–water partition coefficient (Wildman–Crippen LogP) is 1.94. The summed E-state index contributed by atoms with van der Waals surface area (Å²) >= 11 is 0. The summed E-state index contributed by atoms with van der Waals surface area (Å²) in [6.07, 6.45) is 6.94. The Kier molecular flexibility index (Phi) is 4.62. The van der Waals surface area contributed by atoms with Gasteiger partial charge in [-0.15, -0.1) is 0 Å². The van der Waals surface area contributed by atoms with E-state index in [2.05, 4.69) is 12.2 Å². The van der Waals surface area contributed by atoms with Gasteiger partial charge >= 0.3 is 0 Å². The fourth-order valence-corrected chi connectivity index (χ4v) is 1.97. The zero-order valence-corrected chi connectivity index (χ0v) is 8.31. The highest BCUT2D eigenvalue weighted by Crippen LogP contribution is 2.17. The highest BCUT2D eigenvalue weighted by Gasteiger charge is 2.14. The first-order valence-electron chi connectivity index (χ1n) is 5.08. The molecule has 1 aliphatic carbocycles. The van der Waals surface area contributed by atoms with Crippen LogP contribution in [0, 0.1) is 0 Å². The molecule has 0 saturated heterocycles. The lowest BCUT2D eigenvalue weighted by atomic mass is 9.95. The molecule has 0 bridgehead atoms. The Morgan fingerprint density at radius 1 is 1.33 bits per heavy atom. The Morgan fingerprint density at radius 2 is 2.00 bits per heavy atom. The Balaban J connectivity index is 2.11. The normalized spacial score (nSPS) is 22.5. The van der Waals surface area contributed by atoms with Gasteiger partial charge in [-0.1, -0.05) is 19.3 Å². The standard InChI is InChI=1S/C10H21NO/c1-9(8-12-2)11-10-6-4-3-5-7-10/h9-11H,3-8H2,1-2H3. The van der Waals surface area contributed by atoms with Gasteiger partial charge in [-0.05, 0) is 19.8 Å². The summed E-state index contributed by atoms with van der Waals surface area (Å²) in [7, 11) is 1.76. The fourth-order valence-electron chi connectivity index (χ4n) is 1.97. The van der Waals surface area contributed by atoms with Crippen LogP contribution in [0.3, 0.4) is 0 Å². The van der Waals surface area contributed by atoms with Crippen LogP contribution < -0.4 is 5.32 Å². The van der Waals surface area contributed by atoms with Crippen LogP contribution in [-0.2, 0) is 4.74 Å². The van der Waals surface area contributed by atoms with E-state index >= 15 is 0 Å². The summed E-state index contributed by atoms with van der Waals surface area (Å²) in [5.41, 5.74) is 0. The van der Waals surface area contributed by atoms with Gasteiger partial charge in [-0.25, -0.2) is 0 Å². The smallest absolute Gasteiger partial charge is 0.0613 e. The fraction of sp³-hybridized carbons (Fsp3) is 1.00. The third-order valence-corrected chi connectivity index (χ3v) is 2.54. The first-order valence-corrected chi connectivity index (χ1v) is 5.08. The molecule has 0 aromatic carbocycles. The SMILES string of the molecule is COCC(C)NC1CCCCC1. The summed E-state index contributed by atoms with van der Waals surface area (Å²) in [6.45, 7) is 3.02. The average molecular weight is 171 g/mol. The molecule has 0 radical (unpaired) electrons. The second-order valence-corrected chi connectivity index (χ2v) is 3.86. The van der Waals surface area contributed by atoms with E-state index < -0.39 is 0 Å². The summed E-state index contributed by atoms with van der Waals surface area (Å²) in [4.78, 5) is 0. The molecule has 1 aliphatic rings. The van der Waals surface area contributed by atoms with E-state index in [1.807, 2.05) is 0 Å². The lowest BCUT2D eigenvalue weighted by Crippen LogP contribution is -2.40. The van der Waals surface area contributed by atoms with Crippen LogP contribution in [0.1, 0.15) is 39.0 Å². The van der Waals surface area contributed by atoms with Gasteiger partial charge in [0.1, 0.15) is 0 Å². The van der Waals surface area contributed by atoms with Crippen LogP contribution in [0.4, 0.5) is 0 Å². The van der Waals surface area contributed by atoms with Crippen molar-refractivity contribution in [2.24, 2.45) is 0 Å². The first kappa shape index (κ1) is 10.0. The number of nitrogens with one attached hydrogen (secondary N) is 1. The van der Waals surface area contributed by atoms with Crippen LogP contribution in [0.15, 0.2) is 0 Å². The lowest BCUT2D eigenvalue weighted by molar-refractivity contribution is 0.162. The molecule has 1 unspecified atom stereocenters. The topological polar surface area (TPSA) is 21.3 Å². The molecule has 2 heteroatoms. The average Bonchev–Trinajstić information content (AvgIpc) is 2.06. The van der Waals surface area contributed by atoms with Gasteiger partial charge in [0.2, 0.25) is 0 Å². The zero-order chi connectivity index (χ0) is 8.81. The Labute approximate surface area is 75.7 Å². The molecule has 0 aliphatic heterocycles. The highest BCUT2D eigenvalue weighted by molar-refractivity contribution is 4.74. The van der Waals surface area contributed by atoms with Crippen molar-refractivity contribution < 1.29 is 4.74 Å². The van der Waals surface area contributed by atoms with Crippen molar-refractivity contribution in [1.29, 1.82) is 0 Å². The zero-order valence-electron chi connectivity index (χ0n) is 8.31. The molecule has 1 fully saturated rings. The van der Waals surface area contributed by atoms with Crippen LogP contribution in [0.2, 0.25) is 0 Å². The highest BCUT2D eigenvalue weighted by atomic mass is 16.5. The van der Waals surface area contributed by atoms with Crippen LogP contribution in [-0.4, -0.2) is 25.8 Å². The molecule has 1 saturated carbocycles. The van der Waals surface area contributed by atoms with Gasteiger partial charge < -0.3 is 10.1 Å². The van der Waals surface area contributed by atoms with Crippen LogP contribution in [0.5, 0.6) is 0 Å². The number of hydrogen-bond acceptors (Lipinski definition) is 2. The van der Waals surface area contributed by atoms with Gasteiger partial charge in [-0.2, -0.15) is 0 Å². The Hall–Kier alpha value is -0.0800. The summed E-state index contributed by atoms with van der Waals surface area (Å²) in [6, 6.07) is 1.27. The monoisotopic (exact) mass is 171 g/mol. The van der Waals surface area contributed by atoms with Crippen LogP contribution >= 0.6 is 0 Å². The van der Waals surface area contributed by atoms with Crippen molar-refractivity contribution in [2.75, 3.05) is 13.7 Å². The molecule has 0 aromatic rings. The number of rotatable bonds is 4. The largest absolute Gasteiger partial charge is 0.383 e. The van der Waals surface area contributed by atoms with E-state index in [1.165, 1.54) is 32.1 Å². The van der Waals surface area contributed by atoms with E-state index in [-0.39, 0.29) is 0 Å². The van der Waals surface area contributed by atoms with Crippen molar-refractivity contribution in [3.63, 3.8) is 0 Å². The molecule has 12 heavy (non-hydrogen) atoms. The predicted molar refractivity (Wildman–Crippen MR) is 51.3 cm³/mol. The Morgan fingerprint density at radius 3 is 2.58 bits per heavy atom. The third-order valence-electron chi connectivity index (χ3n) is 2.54. The quantitative estimate of drug-likeness (QED) is 0.698. The van der Waals surface area contributed by atoms with Gasteiger partial charge in [0.15, 0.2) is 0 Å². The maximum Gasteiger partial charge on any atom is 0.0613 e. The second kappa shape index (κ2) is 5.55. The second-order valence-electron chi connectivity index (χ2n) is 3.86. The van der Waals surface area contributed by atoms with Crippen molar-refractivity contribution in [3.8, 4) is 0 Å². The maximum atomic E-state index is 5.08. The number of hydrogen-bond donors (Lipinski definition) is 1. The van der Waals surface area contributed by atoms with E-state index in [0.29, 0.717) is 6.04 Å². The number of ether oxygens (including phenoxy) is 1. The summed E-state index contributed by atoms with van der Waals surface area (Å²) in [5.74, 6) is 0. The molecular formula is C10H21NO. The summed E-state index contributed by atoms with van der Waals surface area (Å²) in [5, 5.41) is 3.59. The molecular weight excluding hydrogens is 150 g/mol. The van der Waals surface area contributed by atoms with Crippen molar-refractivity contribution >= 4 is 0 Å². The molecule has 0 heterocycles. The van der Waals surface area contributed by atoms with Gasteiger partial charge in [0, 0.05) is 19.2 Å². The van der Waals surface area contributed by atoms with Crippen molar-refractivity contribution in [2.45, 2.75) is 51.1 Å². The van der Waals surface area contributed by atoms with Crippen molar-refractivity contribution in [1.82, 2.24) is 5.32 Å². The Bertz CT molecular complexity index is 110.